The van der Waals surface area contributed by atoms with Crippen LogP contribution in [0.3, 0.4) is 0 Å². The molecule has 23 heavy (non-hydrogen) atoms. The molecule has 116 valence electrons. The van der Waals surface area contributed by atoms with E-state index >= 15 is 0 Å². The molecule has 0 aliphatic heterocycles. The maximum absolute atomic E-state index is 6.22. The van der Waals surface area contributed by atoms with Crippen molar-refractivity contribution in [2.45, 2.75) is 18.9 Å². The van der Waals surface area contributed by atoms with Crippen LogP contribution in [0.15, 0.2) is 85.2 Å². The largest absolute Gasteiger partial charge is 0.369 e. The summed E-state index contributed by atoms with van der Waals surface area (Å²) in [5.74, 6) is 0. The quantitative estimate of drug-likeness (QED) is 0.584. The number of ether oxygens (including phenoxy) is 1. The van der Waals surface area contributed by atoms with Crippen molar-refractivity contribution in [3.05, 3.63) is 102 Å². The van der Waals surface area contributed by atoms with Gasteiger partial charge in [0, 0.05) is 19.0 Å². The Balaban J connectivity index is 1.63. The van der Waals surface area contributed by atoms with Gasteiger partial charge in [0.1, 0.15) is 6.10 Å². The molecule has 0 atom stereocenters. The van der Waals surface area contributed by atoms with Gasteiger partial charge in [-0.2, -0.15) is 0 Å². The number of pyridine rings is 1. The number of aromatic nitrogens is 1. The number of aryl methyl sites for hydroxylation is 1. The van der Waals surface area contributed by atoms with Crippen LogP contribution >= 0.6 is 0 Å². The molecule has 2 heteroatoms. The molecular formula is C21H21NO. The number of nitrogens with zero attached hydrogens (tertiary/aromatic N) is 1. The molecule has 0 aliphatic rings. The number of benzene rings is 2. The Morgan fingerprint density at radius 1 is 0.739 bits per heavy atom. The highest BCUT2D eigenvalue weighted by atomic mass is 16.5. The van der Waals surface area contributed by atoms with E-state index in [0.29, 0.717) is 0 Å². The zero-order valence-electron chi connectivity index (χ0n) is 13.1. The van der Waals surface area contributed by atoms with Crippen molar-refractivity contribution < 1.29 is 4.74 Å². The van der Waals surface area contributed by atoms with E-state index in [1.807, 2.05) is 24.5 Å². The zero-order chi connectivity index (χ0) is 15.7. The number of rotatable bonds is 7. The molecule has 0 saturated carbocycles. The molecule has 3 rings (SSSR count). The summed E-state index contributed by atoms with van der Waals surface area (Å²) >= 11 is 0. The smallest absolute Gasteiger partial charge is 0.108 e. The highest BCUT2D eigenvalue weighted by Crippen LogP contribution is 2.25. The normalized spacial score (nSPS) is 10.8. The average Bonchev–Trinajstić information content (AvgIpc) is 2.64. The maximum atomic E-state index is 6.22. The molecule has 0 fully saturated rings. The highest BCUT2D eigenvalue weighted by Gasteiger charge is 2.13. The second kappa shape index (κ2) is 8.25. The van der Waals surface area contributed by atoms with E-state index in [1.54, 1.807) is 0 Å². The van der Waals surface area contributed by atoms with E-state index in [2.05, 4.69) is 65.6 Å². The van der Waals surface area contributed by atoms with Gasteiger partial charge < -0.3 is 4.74 Å². The molecule has 0 unspecified atom stereocenters. The van der Waals surface area contributed by atoms with Crippen molar-refractivity contribution >= 4 is 0 Å². The van der Waals surface area contributed by atoms with Gasteiger partial charge in [-0.3, -0.25) is 4.98 Å². The summed E-state index contributed by atoms with van der Waals surface area (Å²) in [5, 5.41) is 0. The van der Waals surface area contributed by atoms with Crippen molar-refractivity contribution in [3.8, 4) is 0 Å². The third kappa shape index (κ3) is 4.51. The molecule has 1 aromatic heterocycles. The fraction of sp³-hybridized carbons (Fsp3) is 0.190. The van der Waals surface area contributed by atoms with Gasteiger partial charge in [-0.05, 0) is 41.7 Å². The zero-order valence-corrected chi connectivity index (χ0v) is 13.1. The SMILES string of the molecule is c1ccc(C(OCCCc2ccncc2)c2ccccc2)cc1. The van der Waals surface area contributed by atoms with Gasteiger partial charge in [0.2, 0.25) is 0 Å². The van der Waals surface area contributed by atoms with E-state index in [-0.39, 0.29) is 6.10 Å². The first kappa shape index (κ1) is 15.4. The van der Waals surface area contributed by atoms with Crippen molar-refractivity contribution in [3.63, 3.8) is 0 Å². The summed E-state index contributed by atoms with van der Waals surface area (Å²) in [6.45, 7) is 0.733. The minimum atomic E-state index is -0.00478. The molecule has 0 saturated heterocycles. The van der Waals surface area contributed by atoms with E-state index in [9.17, 15) is 0 Å². The van der Waals surface area contributed by atoms with Crippen molar-refractivity contribution in [1.29, 1.82) is 0 Å². The predicted molar refractivity (Wildman–Crippen MR) is 93.2 cm³/mol. The molecular weight excluding hydrogens is 282 g/mol. The number of hydrogen-bond acceptors (Lipinski definition) is 2. The summed E-state index contributed by atoms with van der Waals surface area (Å²) in [5.41, 5.74) is 3.70. The minimum Gasteiger partial charge on any atom is -0.369 e. The standard InChI is InChI=1S/C21H21NO/c1-3-9-19(10-4-1)21(20-11-5-2-6-12-20)23-17-7-8-18-13-15-22-16-14-18/h1-6,9-16,21H,7-8,17H2. The minimum absolute atomic E-state index is 0.00478. The molecule has 0 spiro atoms. The topological polar surface area (TPSA) is 22.1 Å². The van der Waals surface area contributed by atoms with Gasteiger partial charge >= 0.3 is 0 Å². The van der Waals surface area contributed by atoms with Crippen LogP contribution in [0.5, 0.6) is 0 Å². The van der Waals surface area contributed by atoms with Crippen molar-refractivity contribution in [2.75, 3.05) is 6.61 Å². The van der Waals surface area contributed by atoms with Crippen LogP contribution in [0.2, 0.25) is 0 Å². The van der Waals surface area contributed by atoms with E-state index in [4.69, 9.17) is 4.74 Å². The lowest BCUT2D eigenvalue weighted by Gasteiger charge is -2.19. The summed E-state index contributed by atoms with van der Waals surface area (Å²) < 4.78 is 6.22. The Kier molecular flexibility index (Phi) is 5.54. The Bertz CT molecular complexity index is 643. The molecule has 2 aromatic carbocycles. The van der Waals surface area contributed by atoms with Crippen LogP contribution in [0, 0.1) is 0 Å². The molecule has 0 N–H and O–H groups in total. The summed E-state index contributed by atoms with van der Waals surface area (Å²) in [6, 6.07) is 24.9. The van der Waals surface area contributed by atoms with E-state index in [0.717, 1.165) is 19.4 Å². The molecule has 0 bridgehead atoms. The first-order chi connectivity index (χ1) is 11.4. The second-order valence-corrected chi connectivity index (χ2v) is 5.53. The van der Waals surface area contributed by atoms with Gasteiger partial charge in [0.05, 0.1) is 0 Å². The maximum Gasteiger partial charge on any atom is 0.108 e. The van der Waals surface area contributed by atoms with Gasteiger partial charge in [-0.25, -0.2) is 0 Å². The van der Waals surface area contributed by atoms with E-state index < -0.39 is 0 Å². The molecule has 1 heterocycles. The lowest BCUT2D eigenvalue weighted by molar-refractivity contribution is 0.0783. The average molecular weight is 303 g/mol. The molecule has 0 radical (unpaired) electrons. The van der Waals surface area contributed by atoms with Gasteiger partial charge in [0.25, 0.3) is 0 Å². The monoisotopic (exact) mass is 303 g/mol. The van der Waals surface area contributed by atoms with Crippen LogP contribution in [0.1, 0.15) is 29.2 Å². The third-order valence-electron chi connectivity index (χ3n) is 3.85. The van der Waals surface area contributed by atoms with Crippen LogP contribution in [0.25, 0.3) is 0 Å². The lowest BCUT2D eigenvalue weighted by Crippen LogP contribution is -2.08. The fourth-order valence-corrected chi connectivity index (χ4v) is 2.67. The first-order valence-electron chi connectivity index (χ1n) is 8.04. The predicted octanol–water partition coefficient (Wildman–Crippen LogP) is 4.82. The van der Waals surface area contributed by atoms with Gasteiger partial charge in [-0.1, -0.05) is 60.7 Å². The first-order valence-corrected chi connectivity index (χ1v) is 8.04. The third-order valence-corrected chi connectivity index (χ3v) is 3.85. The van der Waals surface area contributed by atoms with Crippen molar-refractivity contribution in [2.24, 2.45) is 0 Å². The van der Waals surface area contributed by atoms with Crippen LogP contribution < -0.4 is 0 Å². The summed E-state index contributed by atoms with van der Waals surface area (Å²) in [7, 11) is 0. The Labute approximate surface area is 137 Å². The number of hydrogen-bond donors (Lipinski definition) is 0. The van der Waals surface area contributed by atoms with Crippen LogP contribution in [-0.4, -0.2) is 11.6 Å². The van der Waals surface area contributed by atoms with Gasteiger partial charge in [0.15, 0.2) is 0 Å². The van der Waals surface area contributed by atoms with E-state index in [1.165, 1.54) is 16.7 Å². The summed E-state index contributed by atoms with van der Waals surface area (Å²) in [4.78, 5) is 4.05. The van der Waals surface area contributed by atoms with Crippen LogP contribution in [0.4, 0.5) is 0 Å². The van der Waals surface area contributed by atoms with Gasteiger partial charge in [-0.15, -0.1) is 0 Å². The second-order valence-electron chi connectivity index (χ2n) is 5.53. The molecule has 0 aliphatic carbocycles. The van der Waals surface area contributed by atoms with Crippen molar-refractivity contribution in [1.82, 2.24) is 4.98 Å². The molecule has 0 amide bonds. The van der Waals surface area contributed by atoms with Crippen LogP contribution in [-0.2, 0) is 11.2 Å². The Morgan fingerprint density at radius 2 is 1.30 bits per heavy atom. The highest BCUT2D eigenvalue weighted by molar-refractivity contribution is 5.29. The Hall–Kier alpha value is -2.45. The Morgan fingerprint density at radius 3 is 1.87 bits per heavy atom. The fourth-order valence-electron chi connectivity index (χ4n) is 2.67. The molecule has 2 nitrogen and oxygen atoms in total. The lowest BCUT2D eigenvalue weighted by atomic mass is 10.0. The molecule has 3 aromatic rings. The summed E-state index contributed by atoms with van der Waals surface area (Å²) in [6.07, 6.45) is 5.69.